The minimum absolute atomic E-state index is 0.0456. The highest BCUT2D eigenvalue weighted by molar-refractivity contribution is 5.79. The number of nitrogens with zero attached hydrogens (tertiary/aromatic N) is 1. The monoisotopic (exact) mass is 353 g/mol. The maximum absolute atomic E-state index is 13.2. The van der Waals surface area contributed by atoms with Crippen LogP contribution < -0.4 is 15.4 Å². The molecule has 0 saturated carbocycles. The van der Waals surface area contributed by atoms with E-state index in [-0.39, 0.29) is 23.9 Å². The van der Waals surface area contributed by atoms with E-state index in [2.05, 4.69) is 15.6 Å². The average molecular weight is 353 g/mol. The third kappa shape index (κ3) is 6.17. The summed E-state index contributed by atoms with van der Waals surface area (Å²) in [6.45, 7) is 4.65. The topological polar surface area (TPSA) is 75.1 Å². The van der Waals surface area contributed by atoms with E-state index in [0.717, 1.165) is 13.0 Å². The van der Waals surface area contributed by atoms with Crippen molar-refractivity contribution in [3.63, 3.8) is 0 Å². The molecule has 140 valence electrons. The molecule has 2 atom stereocenters. The Morgan fingerprint density at radius 1 is 1.48 bits per heavy atom. The number of hydrogen-bond donors (Lipinski definition) is 3. The fourth-order valence-corrected chi connectivity index (χ4v) is 2.86. The molecule has 0 aromatic heterocycles. The minimum atomic E-state index is -0.317. The molecule has 0 radical (unpaired) electrons. The molecule has 25 heavy (non-hydrogen) atoms. The Hall–Kier alpha value is -1.86. The second kappa shape index (κ2) is 9.58. The van der Waals surface area contributed by atoms with Crippen LogP contribution in [0.5, 0.6) is 5.75 Å². The lowest BCUT2D eigenvalue weighted by Gasteiger charge is -2.28. The summed E-state index contributed by atoms with van der Waals surface area (Å²) in [5, 5.41) is 15.8. The minimum Gasteiger partial charge on any atom is -0.489 e. The SMILES string of the molecule is CN=C(NCC(C)Oc1cccc(F)c1)NCC1(CCO)CCOC1. The normalized spacial score (nSPS) is 21.8. The Morgan fingerprint density at radius 3 is 2.96 bits per heavy atom. The van der Waals surface area contributed by atoms with E-state index in [4.69, 9.17) is 9.47 Å². The summed E-state index contributed by atoms with van der Waals surface area (Å²) < 4.78 is 24.4. The molecule has 0 amide bonds. The van der Waals surface area contributed by atoms with Crippen LogP contribution in [-0.2, 0) is 4.74 Å². The van der Waals surface area contributed by atoms with E-state index < -0.39 is 0 Å². The van der Waals surface area contributed by atoms with Gasteiger partial charge in [0.15, 0.2) is 5.96 Å². The van der Waals surface area contributed by atoms with Gasteiger partial charge in [0.25, 0.3) is 0 Å². The molecule has 0 aliphatic carbocycles. The molecular weight excluding hydrogens is 325 g/mol. The number of aliphatic hydroxyl groups excluding tert-OH is 1. The Kier molecular flexibility index (Phi) is 7.46. The number of aliphatic hydroxyl groups is 1. The summed E-state index contributed by atoms with van der Waals surface area (Å²) in [5.74, 6) is 0.851. The molecule has 1 aliphatic heterocycles. The van der Waals surface area contributed by atoms with Gasteiger partial charge in [0, 0.05) is 38.3 Å². The van der Waals surface area contributed by atoms with Crippen LogP contribution in [0.2, 0.25) is 0 Å². The van der Waals surface area contributed by atoms with Gasteiger partial charge < -0.3 is 25.2 Å². The summed E-state index contributed by atoms with van der Waals surface area (Å²) in [7, 11) is 1.71. The molecule has 2 unspecified atom stereocenters. The second-order valence-corrected chi connectivity index (χ2v) is 6.47. The summed E-state index contributed by atoms with van der Waals surface area (Å²) >= 11 is 0. The lowest BCUT2D eigenvalue weighted by Crippen LogP contribution is -2.46. The van der Waals surface area contributed by atoms with Gasteiger partial charge in [-0.05, 0) is 31.9 Å². The van der Waals surface area contributed by atoms with Crippen molar-refractivity contribution in [2.75, 3.05) is 40.0 Å². The first-order chi connectivity index (χ1) is 12.1. The van der Waals surface area contributed by atoms with Gasteiger partial charge in [0.1, 0.15) is 17.7 Å². The third-order valence-electron chi connectivity index (χ3n) is 4.37. The van der Waals surface area contributed by atoms with Crippen LogP contribution >= 0.6 is 0 Å². The first-order valence-electron chi connectivity index (χ1n) is 8.62. The molecule has 1 saturated heterocycles. The fourth-order valence-electron chi connectivity index (χ4n) is 2.86. The zero-order chi connectivity index (χ0) is 18.1. The van der Waals surface area contributed by atoms with Gasteiger partial charge in [-0.25, -0.2) is 4.39 Å². The molecule has 0 spiro atoms. The van der Waals surface area contributed by atoms with Gasteiger partial charge in [-0.1, -0.05) is 6.07 Å². The van der Waals surface area contributed by atoms with Crippen LogP contribution in [0.1, 0.15) is 19.8 Å². The molecule has 6 nitrogen and oxygen atoms in total. The van der Waals surface area contributed by atoms with Crippen molar-refractivity contribution >= 4 is 5.96 Å². The van der Waals surface area contributed by atoms with E-state index in [9.17, 15) is 9.50 Å². The van der Waals surface area contributed by atoms with Crippen molar-refractivity contribution < 1.29 is 19.0 Å². The second-order valence-electron chi connectivity index (χ2n) is 6.47. The zero-order valence-electron chi connectivity index (χ0n) is 14.9. The van der Waals surface area contributed by atoms with Gasteiger partial charge in [-0.2, -0.15) is 0 Å². The largest absolute Gasteiger partial charge is 0.489 e. The Balaban J connectivity index is 1.77. The van der Waals surface area contributed by atoms with Crippen LogP contribution in [-0.4, -0.2) is 57.1 Å². The number of guanidine groups is 1. The molecule has 1 heterocycles. The number of rotatable bonds is 8. The van der Waals surface area contributed by atoms with Crippen molar-refractivity contribution in [1.82, 2.24) is 10.6 Å². The number of aliphatic imine (C=N–C) groups is 1. The number of nitrogens with one attached hydrogen (secondary N) is 2. The molecular formula is C18H28FN3O3. The maximum atomic E-state index is 13.2. The van der Waals surface area contributed by atoms with Gasteiger partial charge in [-0.15, -0.1) is 0 Å². The quantitative estimate of drug-likeness (QED) is 0.488. The molecule has 1 fully saturated rings. The highest BCUT2D eigenvalue weighted by Crippen LogP contribution is 2.31. The fraction of sp³-hybridized carbons (Fsp3) is 0.611. The number of ether oxygens (including phenoxy) is 2. The first-order valence-corrected chi connectivity index (χ1v) is 8.62. The molecule has 7 heteroatoms. The van der Waals surface area contributed by atoms with Crippen molar-refractivity contribution in [3.8, 4) is 5.75 Å². The number of benzene rings is 1. The summed E-state index contributed by atoms with van der Waals surface area (Å²) in [4.78, 5) is 4.21. The lowest BCUT2D eigenvalue weighted by atomic mass is 9.84. The highest BCUT2D eigenvalue weighted by Gasteiger charge is 2.34. The average Bonchev–Trinajstić information content (AvgIpc) is 3.04. The van der Waals surface area contributed by atoms with E-state index in [1.807, 2.05) is 6.92 Å². The third-order valence-corrected chi connectivity index (χ3v) is 4.37. The summed E-state index contributed by atoms with van der Waals surface area (Å²) in [5.41, 5.74) is -0.0456. The maximum Gasteiger partial charge on any atom is 0.191 e. The highest BCUT2D eigenvalue weighted by atomic mass is 19.1. The standard InChI is InChI=1S/C18H28FN3O3/c1-14(25-16-5-3-4-15(19)10-16)11-21-17(20-2)22-12-18(6-8-23)7-9-24-13-18/h3-5,10,14,23H,6-9,11-13H2,1-2H3,(H2,20,21,22). The van der Waals surface area contributed by atoms with Crippen molar-refractivity contribution in [3.05, 3.63) is 30.1 Å². The van der Waals surface area contributed by atoms with Crippen LogP contribution in [0.3, 0.4) is 0 Å². The number of hydrogen-bond acceptors (Lipinski definition) is 4. The predicted molar refractivity (Wildman–Crippen MR) is 95.4 cm³/mol. The summed E-state index contributed by atoms with van der Waals surface area (Å²) in [6.07, 6.45) is 1.48. The van der Waals surface area contributed by atoms with Gasteiger partial charge >= 0.3 is 0 Å². The molecule has 3 N–H and O–H groups in total. The molecule has 1 aromatic rings. The van der Waals surface area contributed by atoms with Crippen LogP contribution in [0.15, 0.2) is 29.3 Å². The molecule has 1 aromatic carbocycles. The van der Waals surface area contributed by atoms with Crippen LogP contribution in [0, 0.1) is 11.2 Å². The van der Waals surface area contributed by atoms with E-state index in [1.165, 1.54) is 12.1 Å². The molecule has 2 rings (SSSR count). The Labute approximate surface area is 148 Å². The van der Waals surface area contributed by atoms with Crippen LogP contribution in [0.4, 0.5) is 4.39 Å². The molecule has 0 bridgehead atoms. The van der Waals surface area contributed by atoms with Crippen molar-refractivity contribution in [2.24, 2.45) is 10.4 Å². The van der Waals surface area contributed by atoms with Gasteiger partial charge in [0.2, 0.25) is 0 Å². The van der Waals surface area contributed by atoms with E-state index in [0.29, 0.717) is 37.8 Å². The zero-order valence-corrected chi connectivity index (χ0v) is 14.9. The van der Waals surface area contributed by atoms with Gasteiger partial charge in [-0.3, -0.25) is 4.99 Å². The van der Waals surface area contributed by atoms with E-state index in [1.54, 1.807) is 19.2 Å². The number of halogens is 1. The predicted octanol–water partition coefficient (Wildman–Crippen LogP) is 1.55. The Bertz CT molecular complexity index is 562. The Morgan fingerprint density at radius 2 is 2.32 bits per heavy atom. The van der Waals surface area contributed by atoms with Crippen molar-refractivity contribution in [1.29, 1.82) is 0 Å². The van der Waals surface area contributed by atoms with E-state index >= 15 is 0 Å². The van der Waals surface area contributed by atoms with Crippen LogP contribution in [0.25, 0.3) is 0 Å². The van der Waals surface area contributed by atoms with Gasteiger partial charge in [0.05, 0.1) is 13.2 Å². The lowest BCUT2D eigenvalue weighted by molar-refractivity contribution is 0.127. The smallest absolute Gasteiger partial charge is 0.191 e. The summed E-state index contributed by atoms with van der Waals surface area (Å²) in [6, 6.07) is 6.10. The van der Waals surface area contributed by atoms with Crippen molar-refractivity contribution in [2.45, 2.75) is 25.9 Å². The first kappa shape index (κ1) is 19.5. The molecule has 1 aliphatic rings.